The third kappa shape index (κ3) is 32.5. The molecular formula is C62H111N3O24. The first-order chi connectivity index (χ1) is 42.4. The largest absolute Gasteiger partial charge is 0.388 e. The van der Waals surface area contributed by atoms with E-state index >= 15 is 0 Å². The molecule has 0 spiro atoms. The highest BCUT2D eigenvalue weighted by Crippen LogP contribution is 2.25. The summed E-state index contributed by atoms with van der Waals surface area (Å²) in [6.07, 6.45) is -6.70. The number of hydrogen-bond donors (Lipinski definition) is 12. The van der Waals surface area contributed by atoms with Gasteiger partial charge in [-0.05, 0) is 91.4 Å². The number of nitrogens with one attached hydrogen (secondary N) is 3. The molecule has 518 valence electrons. The first-order valence-corrected chi connectivity index (χ1v) is 32.5. The number of Topliss-reactive ketones (excluding diaryl/α,β-unsaturated/α-hetero) is 4. The minimum absolute atomic E-state index is 0.0202. The van der Waals surface area contributed by atoms with Crippen LogP contribution < -0.4 is 16.0 Å². The molecule has 12 N–H and O–H groups in total. The second-order valence-electron chi connectivity index (χ2n) is 24.3. The second-order valence-corrected chi connectivity index (χ2v) is 24.3. The van der Waals surface area contributed by atoms with Crippen LogP contribution in [-0.4, -0.2) is 257 Å². The summed E-state index contributed by atoms with van der Waals surface area (Å²) in [6, 6.07) is -0.0676. The first kappa shape index (κ1) is 80.1. The van der Waals surface area contributed by atoms with Crippen LogP contribution in [0.5, 0.6) is 0 Å². The van der Waals surface area contributed by atoms with Crippen molar-refractivity contribution < 1.29 is 117 Å². The summed E-state index contributed by atoms with van der Waals surface area (Å²) in [7, 11) is 0. The van der Waals surface area contributed by atoms with E-state index in [0.717, 1.165) is 0 Å². The van der Waals surface area contributed by atoms with E-state index < -0.39 is 97.7 Å². The molecule has 3 aliphatic rings. The lowest BCUT2D eigenvalue weighted by Gasteiger charge is -2.38. The molecule has 0 aromatic carbocycles. The fraction of sp³-hybridized carbons (Fsp3) is 0.903. The Kier molecular flexibility index (Phi) is 40.7. The number of carbonyl (C=O) groups is 6. The van der Waals surface area contributed by atoms with Crippen molar-refractivity contribution in [1.82, 2.24) is 16.0 Å². The fourth-order valence-corrected chi connectivity index (χ4v) is 10.4. The van der Waals surface area contributed by atoms with Crippen LogP contribution in [0, 0.1) is 0 Å². The van der Waals surface area contributed by atoms with Crippen molar-refractivity contribution in [3.05, 3.63) is 0 Å². The molecule has 15 unspecified atom stereocenters. The van der Waals surface area contributed by atoms with Crippen LogP contribution in [-0.2, 0) is 71.4 Å². The molecule has 0 aromatic rings. The van der Waals surface area contributed by atoms with Gasteiger partial charge in [0.25, 0.3) is 0 Å². The van der Waals surface area contributed by atoms with Gasteiger partial charge in [-0.3, -0.25) is 28.8 Å². The Morgan fingerprint density at radius 1 is 0.360 bits per heavy atom. The quantitative estimate of drug-likeness (QED) is 0.0375. The Hall–Kier alpha value is -3.14. The van der Waals surface area contributed by atoms with Crippen LogP contribution in [0.3, 0.4) is 0 Å². The van der Waals surface area contributed by atoms with Gasteiger partial charge in [0.15, 0.2) is 18.9 Å². The molecule has 27 nitrogen and oxygen atoms in total. The van der Waals surface area contributed by atoms with E-state index in [-0.39, 0.29) is 126 Å². The van der Waals surface area contributed by atoms with E-state index in [4.69, 9.17) is 42.6 Å². The number of carbonyl (C=O) groups excluding carboxylic acids is 6. The first-order valence-electron chi connectivity index (χ1n) is 32.5. The number of aliphatic hydroxyl groups excluding tert-OH is 9. The van der Waals surface area contributed by atoms with Crippen LogP contribution in [0.2, 0.25) is 0 Å². The van der Waals surface area contributed by atoms with Gasteiger partial charge in [0.05, 0.1) is 63.5 Å². The predicted octanol–water partition coefficient (Wildman–Crippen LogP) is 0.786. The highest BCUT2D eigenvalue weighted by atomic mass is 16.7. The smallest absolute Gasteiger partial charge is 0.222 e. The lowest BCUT2D eigenvalue weighted by molar-refractivity contribution is -0.293. The van der Waals surface area contributed by atoms with Crippen LogP contribution >= 0.6 is 0 Å². The maximum atomic E-state index is 12.9. The molecule has 3 heterocycles. The van der Waals surface area contributed by atoms with Gasteiger partial charge in [0.1, 0.15) is 78.1 Å². The molecule has 89 heavy (non-hydrogen) atoms. The van der Waals surface area contributed by atoms with E-state index in [0.29, 0.717) is 135 Å². The van der Waals surface area contributed by atoms with Gasteiger partial charge in [0, 0.05) is 103 Å². The monoisotopic (exact) mass is 1280 g/mol. The number of unbranched alkanes of at least 4 members (excludes halogenated alkanes) is 7. The summed E-state index contributed by atoms with van der Waals surface area (Å²) in [5.74, 6) is -0.161. The summed E-state index contributed by atoms with van der Waals surface area (Å²) >= 11 is 0. The SMILES string of the molecule is CC(C)NC(COCCC(=O)CCCCCC(=O)CCCCOC1OC(C)C(O)C(O)C1O)(COCCC(=O)CCCCCC(=O)CCCCOC1OC(C)C(O)C(O)C1O)COCCC(=O)NCCCNC(=O)CCCCOC1OC(C)C(O)C(O)C1O. The molecule has 0 radical (unpaired) electrons. The molecule has 2 amide bonds. The van der Waals surface area contributed by atoms with Crippen molar-refractivity contribution >= 4 is 34.9 Å². The zero-order chi connectivity index (χ0) is 65.7. The molecule has 3 saturated heterocycles. The minimum Gasteiger partial charge on any atom is -0.388 e. The third-order valence-electron chi connectivity index (χ3n) is 15.8. The average molecular weight is 1280 g/mol. The molecule has 27 heteroatoms. The average Bonchev–Trinajstić information content (AvgIpc) is 2.50. The van der Waals surface area contributed by atoms with Crippen molar-refractivity contribution in [3.8, 4) is 0 Å². The Morgan fingerprint density at radius 2 is 0.652 bits per heavy atom. The van der Waals surface area contributed by atoms with Crippen molar-refractivity contribution in [2.45, 2.75) is 286 Å². The molecule has 0 bridgehead atoms. The summed E-state index contributed by atoms with van der Waals surface area (Å²) in [6.45, 7) is 10.5. The molecular weight excluding hydrogens is 1170 g/mol. The van der Waals surface area contributed by atoms with Crippen molar-refractivity contribution in [3.63, 3.8) is 0 Å². The molecule has 3 aliphatic heterocycles. The van der Waals surface area contributed by atoms with Crippen molar-refractivity contribution in [2.24, 2.45) is 0 Å². The number of hydrogen-bond acceptors (Lipinski definition) is 25. The van der Waals surface area contributed by atoms with Crippen molar-refractivity contribution in [1.29, 1.82) is 0 Å². The molecule has 3 fully saturated rings. The number of ether oxygens (including phenoxy) is 9. The maximum Gasteiger partial charge on any atom is 0.222 e. The van der Waals surface area contributed by atoms with Gasteiger partial charge in [-0.15, -0.1) is 0 Å². The summed E-state index contributed by atoms with van der Waals surface area (Å²) in [4.78, 5) is 75.9. The summed E-state index contributed by atoms with van der Waals surface area (Å²) < 4.78 is 51.2. The van der Waals surface area contributed by atoms with Crippen LogP contribution in [0.15, 0.2) is 0 Å². The minimum atomic E-state index is -1.39. The third-order valence-corrected chi connectivity index (χ3v) is 15.8. The van der Waals surface area contributed by atoms with Gasteiger partial charge >= 0.3 is 0 Å². The van der Waals surface area contributed by atoms with Gasteiger partial charge in [-0.1, -0.05) is 26.7 Å². The van der Waals surface area contributed by atoms with E-state index in [1.807, 2.05) is 13.8 Å². The van der Waals surface area contributed by atoms with Crippen LogP contribution in [0.1, 0.15) is 182 Å². The topological polar surface area (TPSA) is 404 Å². The fourth-order valence-electron chi connectivity index (χ4n) is 10.4. The maximum absolute atomic E-state index is 12.9. The van der Waals surface area contributed by atoms with Crippen LogP contribution in [0.25, 0.3) is 0 Å². The van der Waals surface area contributed by atoms with E-state index in [1.165, 1.54) is 0 Å². The number of aliphatic hydroxyl groups is 9. The van der Waals surface area contributed by atoms with Gasteiger partial charge < -0.3 is 105 Å². The summed E-state index contributed by atoms with van der Waals surface area (Å²) in [5.41, 5.74) is -0.918. The lowest BCUT2D eigenvalue weighted by atomic mass is 10.00. The molecule has 0 aliphatic carbocycles. The summed E-state index contributed by atoms with van der Waals surface area (Å²) in [5, 5.41) is 98.9. The Labute approximate surface area is 525 Å². The van der Waals surface area contributed by atoms with Crippen molar-refractivity contribution in [2.75, 3.05) is 72.6 Å². The van der Waals surface area contributed by atoms with Gasteiger partial charge in [0.2, 0.25) is 11.8 Å². The molecule has 0 saturated carbocycles. The Morgan fingerprint density at radius 3 is 0.989 bits per heavy atom. The predicted molar refractivity (Wildman–Crippen MR) is 321 cm³/mol. The highest BCUT2D eigenvalue weighted by molar-refractivity contribution is 5.80. The molecule has 0 aromatic heterocycles. The number of ketones is 4. The number of amides is 2. The standard InChI is InChI=1S/C62H111N3O24/c1-40(2)65-62(37-81-34-26-46(68)21-10-6-8-19-44(66)23-12-15-31-84-59-56(78)53(75)50(72)41(3)87-59,38-82-35-27-47(69)22-11-7-9-20-45(67)24-13-16-32-85-60-57(79)54(76)51(73)42(4)88-60)39-83-36-28-49(71)64-30-18-29-63-48(70)25-14-17-33-86-61-58(80)55(77)52(74)43(5)89-61/h40-43,50-61,65,72-80H,6-39H2,1-5H3,(H,63,70)(H,64,71). The lowest BCUT2D eigenvalue weighted by Crippen LogP contribution is -2.59. The Balaban J connectivity index is 1.35. The zero-order valence-electron chi connectivity index (χ0n) is 53.4. The van der Waals surface area contributed by atoms with E-state index in [9.17, 15) is 74.7 Å². The van der Waals surface area contributed by atoms with E-state index in [1.54, 1.807) is 20.8 Å². The van der Waals surface area contributed by atoms with Crippen LogP contribution in [0.4, 0.5) is 0 Å². The van der Waals surface area contributed by atoms with Gasteiger partial charge in [-0.25, -0.2) is 0 Å². The molecule has 3 rings (SSSR count). The zero-order valence-corrected chi connectivity index (χ0v) is 53.4. The second kappa shape index (κ2) is 45.2. The normalized spacial score (nSPS) is 27.9. The van der Waals surface area contributed by atoms with E-state index in [2.05, 4.69) is 16.0 Å². The highest BCUT2D eigenvalue weighted by Gasteiger charge is 2.44. The van der Waals surface area contributed by atoms with Gasteiger partial charge in [-0.2, -0.15) is 0 Å². The molecule has 15 atom stereocenters. The Bertz CT molecular complexity index is 1780. The number of rotatable bonds is 51.